The van der Waals surface area contributed by atoms with Crippen LogP contribution in [0.1, 0.15) is 24.2 Å². The molecule has 1 aromatic rings. The Hall–Kier alpha value is -0.970. The fourth-order valence-corrected chi connectivity index (χ4v) is 1.96. The van der Waals surface area contributed by atoms with E-state index in [2.05, 4.69) is 39.1 Å². The largest absolute Gasteiger partial charge is 0.317 e. The van der Waals surface area contributed by atoms with Gasteiger partial charge in [-0.15, -0.1) is 0 Å². The highest BCUT2D eigenvalue weighted by atomic mass is 14.9. The van der Waals surface area contributed by atoms with E-state index in [-0.39, 0.29) is 0 Å². The summed E-state index contributed by atoms with van der Waals surface area (Å²) in [6, 6.07) is 6.26. The molecule has 2 rings (SSSR count). The summed E-state index contributed by atoms with van der Waals surface area (Å²) in [7, 11) is 0. The first-order valence-corrected chi connectivity index (χ1v) is 6.52. The summed E-state index contributed by atoms with van der Waals surface area (Å²) in [5.41, 5.74) is 2.27. The number of hydrogen-bond donors (Lipinski definition) is 3. The smallest absolute Gasteiger partial charge is 0.0545 e. The Morgan fingerprint density at radius 2 is 1.29 bits per heavy atom. The maximum Gasteiger partial charge on any atom is 0.0545 e. The average Bonchev–Trinajstić information content (AvgIpc) is 2.36. The highest BCUT2D eigenvalue weighted by molar-refractivity contribution is 5.11. The van der Waals surface area contributed by atoms with Crippen LogP contribution in [0.4, 0.5) is 0 Å². The summed E-state index contributed by atoms with van der Waals surface area (Å²) in [6.45, 7) is 6.04. The first kappa shape index (κ1) is 12.5. The summed E-state index contributed by atoms with van der Waals surface area (Å²) in [4.78, 5) is 4.62. The number of aromatic nitrogens is 1. The van der Waals surface area contributed by atoms with E-state index in [0.29, 0.717) is 0 Å². The van der Waals surface area contributed by atoms with Crippen molar-refractivity contribution >= 4 is 0 Å². The molecule has 0 spiro atoms. The van der Waals surface area contributed by atoms with Crippen LogP contribution in [0.5, 0.6) is 0 Å². The Morgan fingerprint density at radius 3 is 1.88 bits per heavy atom. The quantitative estimate of drug-likeness (QED) is 0.617. The lowest BCUT2D eigenvalue weighted by Crippen LogP contribution is -2.26. The molecule has 0 fully saturated rings. The Kier molecular flexibility index (Phi) is 5.42. The summed E-state index contributed by atoms with van der Waals surface area (Å²) >= 11 is 0. The van der Waals surface area contributed by atoms with E-state index in [1.54, 1.807) is 0 Å². The maximum absolute atomic E-state index is 4.62. The molecule has 0 saturated carbocycles. The van der Waals surface area contributed by atoms with Crippen molar-refractivity contribution in [3.8, 4) is 0 Å². The Morgan fingerprint density at radius 1 is 0.765 bits per heavy atom. The minimum atomic E-state index is 0.869. The van der Waals surface area contributed by atoms with E-state index in [1.165, 1.54) is 12.8 Å². The molecule has 0 amide bonds. The van der Waals surface area contributed by atoms with E-state index in [4.69, 9.17) is 0 Å². The second-order valence-electron chi connectivity index (χ2n) is 4.43. The normalized spacial score (nSPS) is 19.5. The van der Waals surface area contributed by atoms with E-state index < -0.39 is 0 Å². The molecule has 0 radical (unpaired) electrons. The molecule has 1 aliphatic heterocycles. The summed E-state index contributed by atoms with van der Waals surface area (Å²) in [6.07, 6.45) is 2.35. The molecular weight excluding hydrogens is 212 g/mol. The zero-order valence-corrected chi connectivity index (χ0v) is 10.3. The van der Waals surface area contributed by atoms with Gasteiger partial charge in [0.1, 0.15) is 0 Å². The molecule has 94 valence electrons. The van der Waals surface area contributed by atoms with Crippen molar-refractivity contribution in [2.24, 2.45) is 0 Å². The van der Waals surface area contributed by atoms with Gasteiger partial charge in [0, 0.05) is 13.1 Å². The van der Waals surface area contributed by atoms with Gasteiger partial charge in [-0.2, -0.15) is 0 Å². The Bertz CT molecular complexity index is 300. The summed E-state index contributed by atoms with van der Waals surface area (Å²) < 4.78 is 0. The lowest BCUT2D eigenvalue weighted by atomic mass is 10.2. The molecule has 3 N–H and O–H groups in total. The zero-order valence-electron chi connectivity index (χ0n) is 10.3. The van der Waals surface area contributed by atoms with Crippen molar-refractivity contribution in [1.29, 1.82) is 0 Å². The molecular formula is C13H22N4. The van der Waals surface area contributed by atoms with Gasteiger partial charge in [-0.3, -0.25) is 4.98 Å². The van der Waals surface area contributed by atoms with Gasteiger partial charge in [0.05, 0.1) is 11.4 Å². The van der Waals surface area contributed by atoms with E-state index >= 15 is 0 Å². The highest BCUT2D eigenvalue weighted by Gasteiger charge is 1.99. The third-order valence-electron chi connectivity index (χ3n) is 2.89. The first-order valence-electron chi connectivity index (χ1n) is 6.52. The van der Waals surface area contributed by atoms with Crippen LogP contribution in [0.2, 0.25) is 0 Å². The van der Waals surface area contributed by atoms with Gasteiger partial charge in [-0.05, 0) is 51.2 Å². The molecule has 17 heavy (non-hydrogen) atoms. The molecule has 1 aromatic heterocycles. The van der Waals surface area contributed by atoms with Crippen molar-refractivity contribution < 1.29 is 0 Å². The maximum atomic E-state index is 4.62. The number of nitrogens with one attached hydrogen (secondary N) is 3. The topological polar surface area (TPSA) is 49.0 Å². The average molecular weight is 234 g/mol. The molecule has 0 atom stereocenters. The van der Waals surface area contributed by atoms with Crippen molar-refractivity contribution in [3.05, 3.63) is 29.6 Å². The molecule has 0 unspecified atom stereocenters. The predicted molar refractivity (Wildman–Crippen MR) is 69.8 cm³/mol. The number of fused-ring (bicyclic) bond motifs is 2. The number of pyridine rings is 1. The number of hydrogen-bond acceptors (Lipinski definition) is 4. The van der Waals surface area contributed by atoms with Crippen LogP contribution < -0.4 is 16.0 Å². The number of rotatable bonds is 0. The van der Waals surface area contributed by atoms with E-state index in [0.717, 1.165) is 50.7 Å². The summed E-state index contributed by atoms with van der Waals surface area (Å²) in [5.74, 6) is 0. The minimum Gasteiger partial charge on any atom is -0.317 e. The number of nitrogens with zero attached hydrogens (tertiary/aromatic N) is 1. The van der Waals surface area contributed by atoms with Gasteiger partial charge in [0.2, 0.25) is 0 Å². The molecule has 4 nitrogen and oxygen atoms in total. The van der Waals surface area contributed by atoms with Crippen LogP contribution in [0, 0.1) is 0 Å². The highest BCUT2D eigenvalue weighted by Crippen LogP contribution is 1.99. The fourth-order valence-electron chi connectivity index (χ4n) is 1.96. The van der Waals surface area contributed by atoms with Gasteiger partial charge in [-0.25, -0.2) is 0 Å². The van der Waals surface area contributed by atoms with Gasteiger partial charge in [-0.1, -0.05) is 6.07 Å². The van der Waals surface area contributed by atoms with Crippen LogP contribution in [-0.4, -0.2) is 31.2 Å². The SMILES string of the molecule is c1cc2nc(c1)CNCCCNCCCNC2. The van der Waals surface area contributed by atoms with Crippen LogP contribution in [0.15, 0.2) is 18.2 Å². The first-order chi connectivity index (χ1) is 8.45. The van der Waals surface area contributed by atoms with Crippen LogP contribution in [0.3, 0.4) is 0 Å². The Balaban J connectivity index is 1.91. The molecule has 1 aliphatic rings. The van der Waals surface area contributed by atoms with Gasteiger partial charge in [0.25, 0.3) is 0 Å². The summed E-state index contributed by atoms with van der Waals surface area (Å²) in [5, 5.41) is 10.3. The second-order valence-corrected chi connectivity index (χ2v) is 4.43. The lowest BCUT2D eigenvalue weighted by Gasteiger charge is -2.10. The van der Waals surface area contributed by atoms with Crippen molar-refractivity contribution in [3.63, 3.8) is 0 Å². The monoisotopic (exact) mass is 234 g/mol. The third kappa shape index (κ3) is 4.81. The van der Waals surface area contributed by atoms with Crippen LogP contribution in [0.25, 0.3) is 0 Å². The minimum absolute atomic E-state index is 0.869. The van der Waals surface area contributed by atoms with Crippen LogP contribution >= 0.6 is 0 Å². The zero-order chi connectivity index (χ0) is 11.8. The fraction of sp³-hybridized carbons (Fsp3) is 0.615. The second kappa shape index (κ2) is 7.37. The lowest BCUT2D eigenvalue weighted by molar-refractivity contribution is 0.554. The predicted octanol–water partition coefficient (Wildman–Crippen LogP) is 0.644. The van der Waals surface area contributed by atoms with Crippen molar-refractivity contribution in [1.82, 2.24) is 20.9 Å². The van der Waals surface area contributed by atoms with E-state index in [1.807, 2.05) is 0 Å². The molecule has 0 aliphatic carbocycles. The molecule has 0 saturated heterocycles. The Labute approximate surface area is 103 Å². The van der Waals surface area contributed by atoms with Gasteiger partial charge >= 0.3 is 0 Å². The van der Waals surface area contributed by atoms with Crippen molar-refractivity contribution in [2.75, 3.05) is 26.2 Å². The standard InChI is InChI=1S/C13H22N4/c1-4-12-10-15-8-2-6-14-7-3-9-16-11-13(5-1)17-12/h1,4-5,14-16H,2-3,6-11H2. The molecule has 2 heterocycles. The van der Waals surface area contributed by atoms with Gasteiger partial charge < -0.3 is 16.0 Å². The molecule has 0 aromatic carbocycles. The van der Waals surface area contributed by atoms with Crippen molar-refractivity contribution in [2.45, 2.75) is 25.9 Å². The molecule has 2 bridgehead atoms. The van der Waals surface area contributed by atoms with E-state index in [9.17, 15) is 0 Å². The van der Waals surface area contributed by atoms with Gasteiger partial charge in [0.15, 0.2) is 0 Å². The third-order valence-corrected chi connectivity index (χ3v) is 2.89. The molecule has 4 heteroatoms. The van der Waals surface area contributed by atoms with Crippen LogP contribution in [-0.2, 0) is 13.1 Å².